The summed E-state index contributed by atoms with van der Waals surface area (Å²) in [5.74, 6) is 0.893. The Labute approximate surface area is 189 Å². The van der Waals surface area contributed by atoms with Crippen molar-refractivity contribution in [1.29, 1.82) is 0 Å². The third-order valence-electron chi connectivity index (χ3n) is 6.01. The number of nitro benzene ring substituents is 1. The topological polar surface area (TPSA) is 90.1 Å². The number of anilines is 1. The number of nitrogens with one attached hydrogen (secondary N) is 1. The zero-order valence-electron chi connectivity index (χ0n) is 17.6. The van der Waals surface area contributed by atoms with Crippen molar-refractivity contribution in [2.75, 3.05) is 5.32 Å². The molecule has 0 bridgehead atoms. The molecule has 162 valence electrons. The maximum Gasteiger partial charge on any atom is 0.269 e. The minimum atomic E-state index is -0.425. The van der Waals surface area contributed by atoms with Gasteiger partial charge in [0.15, 0.2) is 5.78 Å². The highest BCUT2D eigenvalue weighted by atomic mass is 35.5. The molecule has 3 aromatic rings. The fourth-order valence-corrected chi connectivity index (χ4v) is 4.70. The Hall–Kier alpha value is -3.45. The summed E-state index contributed by atoms with van der Waals surface area (Å²) in [7, 11) is 0. The van der Waals surface area contributed by atoms with Gasteiger partial charge < -0.3 is 5.32 Å². The summed E-state index contributed by atoms with van der Waals surface area (Å²) in [6.45, 7) is 4.20. The Morgan fingerprint density at radius 3 is 2.47 bits per heavy atom. The smallest absolute Gasteiger partial charge is 0.269 e. The summed E-state index contributed by atoms with van der Waals surface area (Å²) < 4.78 is 1.83. The Bertz CT molecular complexity index is 1270. The van der Waals surface area contributed by atoms with E-state index in [2.05, 4.69) is 19.2 Å². The van der Waals surface area contributed by atoms with Gasteiger partial charge in [-0.1, -0.05) is 37.6 Å². The number of rotatable bonds is 3. The van der Waals surface area contributed by atoms with Crippen molar-refractivity contribution in [1.82, 2.24) is 9.78 Å². The molecular weight excluding hydrogens is 428 g/mol. The molecule has 0 saturated carbocycles. The number of carbonyl (C=O) groups is 1. The lowest BCUT2D eigenvalue weighted by Crippen LogP contribution is -2.36. The highest BCUT2D eigenvalue weighted by Crippen LogP contribution is 2.46. The highest BCUT2D eigenvalue weighted by Gasteiger charge is 2.41. The van der Waals surface area contributed by atoms with Crippen LogP contribution in [-0.4, -0.2) is 20.5 Å². The predicted molar refractivity (Wildman–Crippen MR) is 123 cm³/mol. The molecule has 32 heavy (non-hydrogen) atoms. The average Bonchev–Trinajstić information content (AvgIpc) is 3.16. The van der Waals surface area contributed by atoms with Crippen LogP contribution in [-0.2, 0) is 4.79 Å². The molecule has 1 aromatic heterocycles. The van der Waals surface area contributed by atoms with E-state index in [0.717, 1.165) is 34.6 Å². The summed E-state index contributed by atoms with van der Waals surface area (Å²) in [4.78, 5) is 23.8. The lowest BCUT2D eigenvalue weighted by atomic mass is 9.73. The molecule has 0 spiro atoms. The number of Topliss-reactive ketones (excluding diaryl/α,β-unsaturated/α-hetero) is 1. The molecule has 1 N–H and O–H groups in total. The molecule has 0 unspecified atom stereocenters. The molecule has 2 aliphatic rings. The molecule has 1 aliphatic carbocycles. The zero-order chi connectivity index (χ0) is 22.6. The van der Waals surface area contributed by atoms with Crippen molar-refractivity contribution in [3.63, 3.8) is 0 Å². The highest BCUT2D eigenvalue weighted by molar-refractivity contribution is 6.30. The first-order chi connectivity index (χ1) is 15.2. The zero-order valence-corrected chi connectivity index (χ0v) is 18.4. The normalized spacial score (nSPS) is 19.2. The molecule has 7 nitrogen and oxygen atoms in total. The third kappa shape index (κ3) is 3.48. The van der Waals surface area contributed by atoms with E-state index in [9.17, 15) is 14.9 Å². The molecule has 1 aliphatic heterocycles. The van der Waals surface area contributed by atoms with Crippen LogP contribution in [0.5, 0.6) is 0 Å². The van der Waals surface area contributed by atoms with Crippen molar-refractivity contribution >= 4 is 28.9 Å². The number of ketones is 1. The Balaban J connectivity index is 1.63. The number of benzene rings is 2. The predicted octanol–water partition coefficient (Wildman–Crippen LogP) is 5.77. The van der Waals surface area contributed by atoms with E-state index in [1.807, 2.05) is 35.0 Å². The van der Waals surface area contributed by atoms with Gasteiger partial charge >= 0.3 is 0 Å². The number of carbonyl (C=O) groups excluding carboxylic acids is 1. The average molecular weight is 449 g/mol. The van der Waals surface area contributed by atoms with Crippen LogP contribution in [0, 0.1) is 15.5 Å². The Kier molecular flexibility index (Phi) is 4.67. The summed E-state index contributed by atoms with van der Waals surface area (Å²) in [6.07, 6.45) is 1.24. The largest absolute Gasteiger partial charge is 0.343 e. The van der Waals surface area contributed by atoms with Crippen LogP contribution in [0.1, 0.15) is 38.3 Å². The second kappa shape index (κ2) is 7.31. The van der Waals surface area contributed by atoms with Gasteiger partial charge in [-0.3, -0.25) is 14.9 Å². The van der Waals surface area contributed by atoms with Crippen molar-refractivity contribution in [3.8, 4) is 11.3 Å². The molecule has 8 heteroatoms. The molecule has 0 amide bonds. The lowest BCUT2D eigenvalue weighted by molar-refractivity contribution is -0.384. The van der Waals surface area contributed by atoms with Crippen LogP contribution in [0.3, 0.4) is 0 Å². The monoisotopic (exact) mass is 448 g/mol. The number of hydrogen-bond donors (Lipinski definition) is 1. The number of nitrogens with zero attached hydrogens (tertiary/aromatic N) is 3. The van der Waals surface area contributed by atoms with E-state index in [1.165, 1.54) is 12.1 Å². The van der Waals surface area contributed by atoms with Gasteiger partial charge in [-0.2, -0.15) is 5.10 Å². The van der Waals surface area contributed by atoms with Gasteiger partial charge in [0.2, 0.25) is 0 Å². The van der Waals surface area contributed by atoms with Crippen LogP contribution in [0.2, 0.25) is 5.02 Å². The first-order valence-electron chi connectivity index (χ1n) is 10.3. The van der Waals surface area contributed by atoms with Crippen LogP contribution < -0.4 is 5.32 Å². The molecule has 2 aromatic carbocycles. The summed E-state index contributed by atoms with van der Waals surface area (Å²) in [5.41, 5.74) is 3.92. The van der Waals surface area contributed by atoms with E-state index in [4.69, 9.17) is 16.7 Å². The van der Waals surface area contributed by atoms with Gasteiger partial charge in [0.25, 0.3) is 5.69 Å². The van der Waals surface area contributed by atoms with Crippen molar-refractivity contribution in [3.05, 3.63) is 86.6 Å². The summed E-state index contributed by atoms with van der Waals surface area (Å²) in [6, 6.07) is 15.3. The quantitative estimate of drug-likeness (QED) is 0.405. The lowest BCUT2D eigenvalue weighted by Gasteiger charge is -2.38. The number of hydrogen-bond acceptors (Lipinski definition) is 5. The first kappa shape index (κ1) is 20.5. The van der Waals surface area contributed by atoms with E-state index < -0.39 is 4.92 Å². The minimum Gasteiger partial charge on any atom is -0.343 e. The van der Waals surface area contributed by atoms with Gasteiger partial charge in [0, 0.05) is 46.5 Å². The van der Waals surface area contributed by atoms with Crippen LogP contribution in [0.4, 0.5) is 11.5 Å². The number of allylic oxidation sites excluding steroid dienone is 2. The fourth-order valence-electron chi connectivity index (χ4n) is 4.57. The van der Waals surface area contributed by atoms with Crippen molar-refractivity contribution in [2.45, 2.75) is 32.7 Å². The molecular formula is C24H21ClN4O3. The molecule has 2 heterocycles. The second-order valence-electron chi connectivity index (χ2n) is 9.08. The van der Waals surface area contributed by atoms with Gasteiger partial charge in [0.1, 0.15) is 11.9 Å². The number of nitro groups is 1. The van der Waals surface area contributed by atoms with E-state index in [-0.39, 0.29) is 22.9 Å². The van der Waals surface area contributed by atoms with Crippen LogP contribution in [0.15, 0.2) is 65.9 Å². The van der Waals surface area contributed by atoms with Crippen LogP contribution in [0.25, 0.3) is 11.3 Å². The van der Waals surface area contributed by atoms with Gasteiger partial charge in [-0.25, -0.2) is 4.68 Å². The molecule has 0 saturated heterocycles. The van der Waals surface area contributed by atoms with E-state index in [1.54, 1.807) is 12.1 Å². The second-order valence-corrected chi connectivity index (χ2v) is 9.51. The molecule has 5 rings (SSSR count). The SMILES string of the molecule is CC1(C)CC(=O)C2=C(C1)Nc1cc(-c3ccc([N+](=O)[O-])cc3)nn1[C@@H]2c1ccc(Cl)cc1. The van der Waals surface area contributed by atoms with Crippen LogP contribution >= 0.6 is 11.6 Å². The van der Waals surface area contributed by atoms with Crippen molar-refractivity contribution < 1.29 is 9.72 Å². The summed E-state index contributed by atoms with van der Waals surface area (Å²) >= 11 is 6.11. The molecule has 0 fully saturated rings. The van der Waals surface area contributed by atoms with E-state index >= 15 is 0 Å². The fraction of sp³-hybridized carbons (Fsp3) is 0.250. The van der Waals surface area contributed by atoms with Gasteiger partial charge in [0.05, 0.1) is 10.6 Å². The maximum absolute atomic E-state index is 13.3. The third-order valence-corrected chi connectivity index (χ3v) is 6.26. The molecule has 1 atom stereocenters. The van der Waals surface area contributed by atoms with Gasteiger partial charge in [-0.05, 0) is 41.7 Å². The Morgan fingerprint density at radius 2 is 1.81 bits per heavy atom. The number of aromatic nitrogens is 2. The standard InChI is InChI=1S/C24H21ClN4O3/c1-24(2)12-19-22(20(30)13-24)23(15-3-7-16(25)8-4-15)28-21(26-19)11-18(27-28)14-5-9-17(10-6-14)29(31)32/h3-11,23,26H,12-13H2,1-2H3/t23-/m1/s1. The number of non-ortho nitro benzene ring substituents is 1. The van der Waals surface area contributed by atoms with Gasteiger partial charge in [-0.15, -0.1) is 0 Å². The Morgan fingerprint density at radius 1 is 1.12 bits per heavy atom. The van der Waals surface area contributed by atoms with Crippen molar-refractivity contribution in [2.24, 2.45) is 5.41 Å². The number of halogens is 1. The molecule has 0 radical (unpaired) electrons. The van der Waals surface area contributed by atoms with E-state index in [0.29, 0.717) is 17.1 Å². The maximum atomic E-state index is 13.3. The summed E-state index contributed by atoms with van der Waals surface area (Å²) in [5, 5.41) is 19.9. The minimum absolute atomic E-state index is 0.0276. The number of fused-ring (bicyclic) bond motifs is 1. The first-order valence-corrected chi connectivity index (χ1v) is 10.7.